The SMILES string of the molecule is COc1ccc(C(=O)Oc2ccccc2/C=C2\SC(=O)N(CCOc3cc(C)ccc3C)C2=O)cc1. The maximum Gasteiger partial charge on any atom is 0.343 e. The van der Waals surface area contributed by atoms with Gasteiger partial charge in [0.05, 0.1) is 24.1 Å². The Bertz CT molecular complexity index is 1330. The Morgan fingerprint density at radius 3 is 2.47 bits per heavy atom. The average Bonchev–Trinajstić information content (AvgIpc) is 3.14. The molecule has 0 saturated carbocycles. The van der Waals surface area contributed by atoms with Crippen LogP contribution in [0.4, 0.5) is 4.79 Å². The van der Waals surface area contributed by atoms with Crippen molar-refractivity contribution in [2.24, 2.45) is 0 Å². The molecule has 1 saturated heterocycles. The summed E-state index contributed by atoms with van der Waals surface area (Å²) in [5.41, 5.74) is 2.91. The average molecular weight is 504 g/mol. The third kappa shape index (κ3) is 5.78. The number of amides is 2. The molecule has 0 atom stereocenters. The van der Waals surface area contributed by atoms with Gasteiger partial charge in [0.1, 0.15) is 23.9 Å². The predicted octanol–water partition coefficient (Wildman–Crippen LogP) is 5.65. The molecular weight excluding hydrogens is 478 g/mol. The van der Waals surface area contributed by atoms with Crippen LogP contribution in [0.15, 0.2) is 71.6 Å². The number of carbonyl (C=O) groups excluding carboxylic acids is 3. The van der Waals surface area contributed by atoms with Gasteiger partial charge in [0, 0.05) is 5.56 Å². The first-order chi connectivity index (χ1) is 17.4. The van der Waals surface area contributed by atoms with Crippen LogP contribution >= 0.6 is 11.8 Å². The van der Waals surface area contributed by atoms with Gasteiger partial charge in [-0.1, -0.05) is 30.3 Å². The highest BCUT2D eigenvalue weighted by Gasteiger charge is 2.35. The lowest BCUT2D eigenvalue weighted by molar-refractivity contribution is -0.123. The second kappa shape index (κ2) is 11.1. The number of carbonyl (C=O) groups is 3. The van der Waals surface area contributed by atoms with E-state index in [4.69, 9.17) is 14.2 Å². The highest BCUT2D eigenvalue weighted by molar-refractivity contribution is 8.18. The summed E-state index contributed by atoms with van der Waals surface area (Å²) < 4.78 is 16.5. The second-order valence-electron chi connectivity index (χ2n) is 8.11. The van der Waals surface area contributed by atoms with E-state index in [1.807, 2.05) is 32.0 Å². The minimum atomic E-state index is -0.546. The minimum absolute atomic E-state index is 0.128. The summed E-state index contributed by atoms with van der Waals surface area (Å²) in [6.07, 6.45) is 1.56. The van der Waals surface area contributed by atoms with Gasteiger partial charge in [-0.15, -0.1) is 0 Å². The number of nitrogens with zero attached hydrogens (tertiary/aromatic N) is 1. The van der Waals surface area contributed by atoms with E-state index in [9.17, 15) is 14.4 Å². The molecule has 0 unspecified atom stereocenters. The molecule has 3 aromatic carbocycles. The van der Waals surface area contributed by atoms with E-state index in [1.165, 1.54) is 0 Å². The number of benzene rings is 3. The van der Waals surface area contributed by atoms with Gasteiger partial charge in [-0.2, -0.15) is 0 Å². The van der Waals surface area contributed by atoms with Crippen molar-refractivity contribution >= 4 is 35.0 Å². The Kier molecular flexibility index (Phi) is 7.75. The van der Waals surface area contributed by atoms with Crippen LogP contribution in [0.1, 0.15) is 27.0 Å². The Morgan fingerprint density at radius 2 is 1.72 bits per heavy atom. The summed E-state index contributed by atoms with van der Waals surface area (Å²) in [6, 6.07) is 19.3. The molecule has 8 heteroatoms. The summed E-state index contributed by atoms with van der Waals surface area (Å²) >= 11 is 0.845. The Labute approximate surface area is 213 Å². The number of ether oxygens (including phenoxy) is 3. The van der Waals surface area contributed by atoms with Gasteiger partial charge in [-0.25, -0.2) is 4.79 Å². The third-order valence-corrected chi connectivity index (χ3v) is 6.43. The lowest BCUT2D eigenvalue weighted by atomic mass is 10.1. The maximum absolute atomic E-state index is 12.9. The van der Waals surface area contributed by atoms with Crippen molar-refractivity contribution in [1.82, 2.24) is 4.90 Å². The molecule has 2 amide bonds. The van der Waals surface area contributed by atoms with Crippen LogP contribution in [0.25, 0.3) is 6.08 Å². The molecule has 0 aromatic heterocycles. The smallest absolute Gasteiger partial charge is 0.343 e. The zero-order chi connectivity index (χ0) is 25.7. The van der Waals surface area contributed by atoms with E-state index in [1.54, 1.807) is 61.7 Å². The number of methoxy groups -OCH3 is 1. The number of para-hydroxylation sites is 1. The van der Waals surface area contributed by atoms with E-state index < -0.39 is 11.9 Å². The fraction of sp³-hybridized carbons (Fsp3) is 0.179. The van der Waals surface area contributed by atoms with E-state index in [-0.39, 0.29) is 29.0 Å². The molecular formula is C28H25NO6S. The van der Waals surface area contributed by atoms with Gasteiger partial charge in [0.2, 0.25) is 0 Å². The predicted molar refractivity (Wildman–Crippen MR) is 138 cm³/mol. The largest absolute Gasteiger partial charge is 0.497 e. The summed E-state index contributed by atoms with van der Waals surface area (Å²) in [5, 5.41) is -0.372. The molecule has 0 radical (unpaired) electrons. The lowest BCUT2D eigenvalue weighted by Gasteiger charge is -2.14. The Morgan fingerprint density at radius 1 is 0.972 bits per heavy atom. The highest BCUT2D eigenvalue weighted by atomic mass is 32.2. The van der Waals surface area contributed by atoms with Crippen molar-refractivity contribution in [3.63, 3.8) is 0 Å². The lowest BCUT2D eigenvalue weighted by Crippen LogP contribution is -2.32. The minimum Gasteiger partial charge on any atom is -0.497 e. The molecule has 0 aliphatic carbocycles. The summed E-state index contributed by atoms with van der Waals surface area (Å²) in [5.74, 6) is 0.677. The van der Waals surface area contributed by atoms with E-state index in [0.29, 0.717) is 16.9 Å². The van der Waals surface area contributed by atoms with Crippen molar-refractivity contribution in [2.75, 3.05) is 20.3 Å². The first kappa shape index (κ1) is 25.1. The van der Waals surface area contributed by atoms with E-state index >= 15 is 0 Å². The standard InChI is InChI=1S/C28H25NO6S/c1-18-8-9-19(2)24(16-18)34-15-14-29-26(30)25(36-28(29)32)17-21-6-4-5-7-23(21)35-27(31)20-10-12-22(33-3)13-11-20/h4-13,16-17H,14-15H2,1-3H3/b25-17-. The third-order valence-electron chi connectivity index (χ3n) is 5.52. The van der Waals surface area contributed by atoms with Crippen LogP contribution in [-0.2, 0) is 4.79 Å². The topological polar surface area (TPSA) is 82.1 Å². The van der Waals surface area contributed by atoms with Crippen molar-refractivity contribution in [2.45, 2.75) is 13.8 Å². The maximum atomic E-state index is 12.9. The number of imide groups is 1. The first-order valence-electron chi connectivity index (χ1n) is 11.3. The molecule has 184 valence electrons. The van der Waals surface area contributed by atoms with Crippen LogP contribution in [0, 0.1) is 13.8 Å². The summed E-state index contributed by atoms with van der Waals surface area (Å²) in [4.78, 5) is 39.5. The van der Waals surface area contributed by atoms with Crippen LogP contribution < -0.4 is 14.2 Å². The number of aryl methyl sites for hydroxylation is 2. The van der Waals surface area contributed by atoms with Crippen LogP contribution in [0.2, 0.25) is 0 Å². The summed E-state index contributed by atoms with van der Waals surface area (Å²) in [7, 11) is 1.54. The van der Waals surface area contributed by atoms with Crippen LogP contribution in [0.5, 0.6) is 17.2 Å². The highest BCUT2D eigenvalue weighted by Crippen LogP contribution is 2.34. The fourth-order valence-electron chi connectivity index (χ4n) is 3.52. The molecule has 0 spiro atoms. The van der Waals surface area contributed by atoms with Gasteiger partial charge in [0.25, 0.3) is 11.1 Å². The van der Waals surface area contributed by atoms with E-state index in [2.05, 4.69) is 0 Å². The second-order valence-corrected chi connectivity index (χ2v) is 9.10. The van der Waals surface area contributed by atoms with Crippen molar-refractivity contribution in [3.8, 4) is 17.2 Å². The van der Waals surface area contributed by atoms with Crippen molar-refractivity contribution in [3.05, 3.63) is 93.9 Å². The van der Waals surface area contributed by atoms with E-state index in [0.717, 1.165) is 33.5 Å². The van der Waals surface area contributed by atoms with Gasteiger partial charge >= 0.3 is 5.97 Å². The zero-order valence-corrected chi connectivity index (χ0v) is 21.0. The fourth-order valence-corrected chi connectivity index (χ4v) is 4.38. The van der Waals surface area contributed by atoms with Crippen molar-refractivity contribution < 1.29 is 28.6 Å². The molecule has 1 aliphatic rings. The number of thioether (sulfide) groups is 1. The molecule has 0 bridgehead atoms. The normalized spacial score (nSPS) is 14.3. The number of rotatable bonds is 8. The first-order valence-corrected chi connectivity index (χ1v) is 12.1. The quantitative estimate of drug-likeness (QED) is 0.223. The van der Waals surface area contributed by atoms with Crippen molar-refractivity contribution in [1.29, 1.82) is 0 Å². The molecule has 3 aromatic rings. The number of esters is 1. The monoisotopic (exact) mass is 503 g/mol. The van der Waals surface area contributed by atoms with Gasteiger partial charge < -0.3 is 14.2 Å². The molecule has 1 aliphatic heterocycles. The molecule has 7 nitrogen and oxygen atoms in total. The van der Waals surface area contributed by atoms with Crippen LogP contribution in [-0.4, -0.2) is 42.3 Å². The molecule has 36 heavy (non-hydrogen) atoms. The number of hydrogen-bond acceptors (Lipinski definition) is 7. The molecule has 4 rings (SSSR count). The number of hydrogen-bond donors (Lipinski definition) is 0. The van der Waals surface area contributed by atoms with Crippen LogP contribution in [0.3, 0.4) is 0 Å². The van der Waals surface area contributed by atoms with Gasteiger partial charge in [-0.05, 0) is 79.2 Å². The summed E-state index contributed by atoms with van der Waals surface area (Å²) in [6.45, 7) is 4.23. The Hall–Kier alpha value is -4.04. The van der Waals surface area contributed by atoms with Gasteiger partial charge in [-0.3, -0.25) is 14.5 Å². The molecule has 1 fully saturated rings. The zero-order valence-electron chi connectivity index (χ0n) is 20.1. The molecule has 0 N–H and O–H groups in total. The molecule has 1 heterocycles. The Balaban J connectivity index is 1.44. The van der Waals surface area contributed by atoms with Gasteiger partial charge in [0.15, 0.2) is 0 Å².